The van der Waals surface area contributed by atoms with Crippen molar-refractivity contribution in [2.24, 2.45) is 0 Å². The fourth-order valence-corrected chi connectivity index (χ4v) is 4.18. The number of aliphatic hydroxyl groups excluding tert-OH is 1. The van der Waals surface area contributed by atoms with E-state index in [4.69, 9.17) is 15.2 Å². The van der Waals surface area contributed by atoms with Gasteiger partial charge in [-0.1, -0.05) is 6.07 Å². The Balaban J connectivity index is 1.45. The first kappa shape index (κ1) is 26.6. The number of fused-ring (bicyclic) bond motifs is 1. The van der Waals surface area contributed by atoms with Crippen LogP contribution in [-0.2, 0) is 23.9 Å². The molecule has 0 spiro atoms. The quantitative estimate of drug-likeness (QED) is 0.319. The van der Waals surface area contributed by atoms with Gasteiger partial charge in [0, 0.05) is 47.5 Å². The number of carbonyl (C=O) groups is 4. The Kier molecular flexibility index (Phi) is 7.93. The molecule has 3 aromatic rings. The standard InChI is InChI=1S/C26H29N5O7/c1-3-37-20(32)14-30(2)25(35)15-5-4-6-18(12-15)31-9-10-38-22(26(31)36)21(33)24(34)29-17-7-8-19-16(11-17)13-28-23(19)27/h4-8,11-13,21-22,28,33H,3,9-10,14,27H2,1-2H3,(H,29,34)/t21-,22-/m1/s1. The number of esters is 1. The van der Waals surface area contributed by atoms with Crippen molar-refractivity contribution in [3.63, 3.8) is 0 Å². The molecule has 12 nitrogen and oxygen atoms in total. The van der Waals surface area contributed by atoms with E-state index >= 15 is 0 Å². The van der Waals surface area contributed by atoms with Gasteiger partial charge in [-0.25, -0.2) is 0 Å². The minimum absolute atomic E-state index is 0.0657. The van der Waals surface area contributed by atoms with Gasteiger partial charge in [-0.05, 0) is 43.3 Å². The molecule has 0 aliphatic carbocycles. The molecule has 0 bridgehead atoms. The average molecular weight is 524 g/mol. The molecule has 1 aromatic heterocycles. The molecule has 0 unspecified atom stereocenters. The minimum atomic E-state index is -1.78. The Hall–Kier alpha value is -4.42. The molecule has 38 heavy (non-hydrogen) atoms. The molecule has 1 aliphatic heterocycles. The number of rotatable bonds is 8. The van der Waals surface area contributed by atoms with Gasteiger partial charge in [-0.3, -0.25) is 19.2 Å². The van der Waals surface area contributed by atoms with Gasteiger partial charge < -0.3 is 40.4 Å². The van der Waals surface area contributed by atoms with Crippen molar-refractivity contribution in [3.8, 4) is 0 Å². The number of hydrogen-bond acceptors (Lipinski definition) is 8. The first-order valence-corrected chi connectivity index (χ1v) is 12.0. The molecule has 12 heteroatoms. The number of nitrogens with zero attached hydrogens (tertiary/aromatic N) is 2. The van der Waals surface area contributed by atoms with Crippen LogP contribution >= 0.6 is 0 Å². The maximum atomic E-state index is 13.2. The molecule has 5 N–H and O–H groups in total. The van der Waals surface area contributed by atoms with Crippen molar-refractivity contribution in [1.82, 2.24) is 9.88 Å². The minimum Gasteiger partial charge on any atom is -0.465 e. The highest BCUT2D eigenvalue weighted by Crippen LogP contribution is 2.25. The third kappa shape index (κ3) is 5.61. The van der Waals surface area contributed by atoms with Gasteiger partial charge in [-0.15, -0.1) is 0 Å². The summed E-state index contributed by atoms with van der Waals surface area (Å²) in [4.78, 5) is 56.0. The predicted octanol–water partition coefficient (Wildman–Crippen LogP) is 1.12. The topological polar surface area (TPSA) is 167 Å². The van der Waals surface area contributed by atoms with Gasteiger partial charge in [0.25, 0.3) is 17.7 Å². The molecule has 200 valence electrons. The number of nitrogen functional groups attached to an aromatic ring is 1. The second-order valence-electron chi connectivity index (χ2n) is 8.74. The monoisotopic (exact) mass is 523 g/mol. The van der Waals surface area contributed by atoms with E-state index in [-0.39, 0.29) is 31.9 Å². The molecular formula is C26H29N5O7. The summed E-state index contributed by atoms with van der Waals surface area (Å²) < 4.78 is 10.3. The normalized spacial score (nSPS) is 16.2. The number of morpholine rings is 1. The fraction of sp³-hybridized carbons (Fsp3) is 0.308. The summed E-state index contributed by atoms with van der Waals surface area (Å²) >= 11 is 0. The number of aliphatic hydroxyl groups is 1. The number of nitrogens with one attached hydrogen (secondary N) is 2. The van der Waals surface area contributed by atoms with Gasteiger partial charge in [0.2, 0.25) is 0 Å². The number of nitrogens with two attached hydrogens (primary N) is 1. The molecular weight excluding hydrogens is 494 g/mol. The van der Waals surface area contributed by atoms with E-state index in [0.717, 1.165) is 10.8 Å². The zero-order chi connectivity index (χ0) is 27.4. The Morgan fingerprint density at radius 3 is 2.84 bits per heavy atom. The second kappa shape index (κ2) is 11.3. The molecule has 1 saturated heterocycles. The summed E-state index contributed by atoms with van der Waals surface area (Å²) in [5.74, 6) is -1.90. The molecule has 1 aliphatic rings. The summed E-state index contributed by atoms with van der Waals surface area (Å²) in [7, 11) is 1.47. The van der Waals surface area contributed by atoms with Gasteiger partial charge in [0.1, 0.15) is 12.4 Å². The van der Waals surface area contributed by atoms with Crippen LogP contribution in [0, 0.1) is 0 Å². The van der Waals surface area contributed by atoms with E-state index in [9.17, 15) is 24.3 Å². The molecule has 0 radical (unpaired) electrons. The Morgan fingerprint density at radius 1 is 1.29 bits per heavy atom. The van der Waals surface area contributed by atoms with Crippen LogP contribution in [0.5, 0.6) is 0 Å². The number of benzene rings is 2. The van der Waals surface area contributed by atoms with Crippen LogP contribution in [0.2, 0.25) is 0 Å². The fourth-order valence-electron chi connectivity index (χ4n) is 4.18. The van der Waals surface area contributed by atoms with Crippen molar-refractivity contribution in [1.29, 1.82) is 0 Å². The predicted molar refractivity (Wildman–Crippen MR) is 139 cm³/mol. The summed E-state index contributed by atoms with van der Waals surface area (Å²) in [6, 6.07) is 11.4. The molecule has 4 rings (SSSR count). The van der Waals surface area contributed by atoms with Crippen LogP contribution in [0.4, 0.5) is 17.2 Å². The number of aromatic amines is 1. The second-order valence-corrected chi connectivity index (χ2v) is 8.74. The maximum absolute atomic E-state index is 13.2. The third-order valence-corrected chi connectivity index (χ3v) is 6.09. The van der Waals surface area contributed by atoms with Gasteiger partial charge in [0.15, 0.2) is 12.2 Å². The highest BCUT2D eigenvalue weighted by molar-refractivity contribution is 6.05. The van der Waals surface area contributed by atoms with Crippen molar-refractivity contribution in [2.45, 2.75) is 19.1 Å². The first-order valence-electron chi connectivity index (χ1n) is 12.0. The molecule has 0 saturated carbocycles. The van der Waals surface area contributed by atoms with E-state index in [2.05, 4.69) is 10.3 Å². The maximum Gasteiger partial charge on any atom is 0.325 e. The average Bonchev–Trinajstić information content (AvgIpc) is 3.27. The molecule has 3 amide bonds. The number of amides is 3. The van der Waals surface area contributed by atoms with Gasteiger partial charge in [-0.2, -0.15) is 0 Å². The third-order valence-electron chi connectivity index (χ3n) is 6.09. The smallest absolute Gasteiger partial charge is 0.325 e. The van der Waals surface area contributed by atoms with E-state index in [1.165, 1.54) is 22.9 Å². The van der Waals surface area contributed by atoms with Crippen LogP contribution in [0.25, 0.3) is 10.8 Å². The lowest BCUT2D eigenvalue weighted by Crippen LogP contribution is -2.55. The van der Waals surface area contributed by atoms with Gasteiger partial charge >= 0.3 is 5.97 Å². The lowest BCUT2D eigenvalue weighted by Gasteiger charge is -2.34. The number of carbonyl (C=O) groups excluding carboxylic acids is 4. The first-order chi connectivity index (χ1) is 18.2. The van der Waals surface area contributed by atoms with Crippen LogP contribution in [0.15, 0.2) is 48.7 Å². The van der Waals surface area contributed by atoms with Crippen LogP contribution in [0.1, 0.15) is 17.3 Å². The largest absolute Gasteiger partial charge is 0.465 e. The lowest BCUT2D eigenvalue weighted by molar-refractivity contribution is -0.150. The number of aromatic nitrogens is 1. The van der Waals surface area contributed by atoms with Crippen LogP contribution < -0.4 is 16.0 Å². The van der Waals surface area contributed by atoms with Crippen molar-refractivity contribution >= 4 is 51.7 Å². The Bertz CT molecular complexity index is 1370. The summed E-state index contributed by atoms with van der Waals surface area (Å²) in [5.41, 5.74) is 6.90. The highest BCUT2D eigenvalue weighted by Gasteiger charge is 2.39. The molecule has 2 heterocycles. The lowest BCUT2D eigenvalue weighted by atomic mass is 10.1. The number of hydrogen-bond donors (Lipinski definition) is 4. The Labute approximate surface area is 218 Å². The summed E-state index contributed by atoms with van der Waals surface area (Å²) in [6.07, 6.45) is -1.53. The SMILES string of the molecule is CCOC(=O)CN(C)C(=O)c1cccc(N2CCO[C@H]([C@@H](O)C(=O)Nc3ccc4c(N)[nH]cc4c3)C2=O)c1. The van der Waals surface area contributed by atoms with E-state index in [1.807, 2.05) is 0 Å². The summed E-state index contributed by atoms with van der Waals surface area (Å²) in [6.45, 7) is 1.88. The van der Waals surface area contributed by atoms with Gasteiger partial charge in [0.05, 0.1) is 13.2 Å². The summed E-state index contributed by atoms with van der Waals surface area (Å²) in [5, 5.41) is 14.8. The molecule has 1 fully saturated rings. The number of anilines is 3. The number of likely N-dealkylation sites (N-methyl/N-ethyl adjacent to an activating group) is 1. The van der Waals surface area contributed by atoms with Crippen molar-refractivity contribution in [2.75, 3.05) is 49.3 Å². The van der Waals surface area contributed by atoms with Crippen molar-refractivity contribution in [3.05, 3.63) is 54.2 Å². The van der Waals surface area contributed by atoms with Crippen LogP contribution in [0.3, 0.4) is 0 Å². The van der Waals surface area contributed by atoms with Crippen LogP contribution in [-0.4, -0.2) is 84.2 Å². The Morgan fingerprint density at radius 2 is 2.08 bits per heavy atom. The molecule has 2 aromatic carbocycles. The van der Waals surface area contributed by atoms with Crippen molar-refractivity contribution < 1.29 is 33.8 Å². The molecule has 2 atom stereocenters. The number of ether oxygens (including phenoxy) is 2. The highest BCUT2D eigenvalue weighted by atomic mass is 16.5. The van der Waals surface area contributed by atoms with E-state index < -0.39 is 35.9 Å². The number of H-pyrrole nitrogens is 1. The van der Waals surface area contributed by atoms with E-state index in [0.29, 0.717) is 17.2 Å². The van der Waals surface area contributed by atoms with E-state index in [1.54, 1.807) is 49.5 Å². The zero-order valence-corrected chi connectivity index (χ0v) is 21.0. The zero-order valence-electron chi connectivity index (χ0n) is 21.0.